The van der Waals surface area contributed by atoms with E-state index in [4.69, 9.17) is 5.21 Å². The highest BCUT2D eigenvalue weighted by molar-refractivity contribution is 5.93. The number of ketones is 1. The van der Waals surface area contributed by atoms with Crippen molar-refractivity contribution < 1.29 is 19.6 Å². The Kier molecular flexibility index (Phi) is 8.57. The summed E-state index contributed by atoms with van der Waals surface area (Å²) in [7, 11) is 1.53. The van der Waals surface area contributed by atoms with Gasteiger partial charge in [-0.05, 0) is 6.42 Å². The van der Waals surface area contributed by atoms with Crippen molar-refractivity contribution in [3.05, 3.63) is 0 Å². The van der Waals surface area contributed by atoms with Crippen LogP contribution in [0.25, 0.3) is 0 Å². The molecule has 0 radical (unpaired) electrons. The van der Waals surface area contributed by atoms with Gasteiger partial charge in [-0.15, -0.1) is 0 Å². The van der Waals surface area contributed by atoms with E-state index in [0.29, 0.717) is 26.1 Å². The van der Waals surface area contributed by atoms with E-state index in [1.807, 2.05) is 0 Å². The number of hydrogen-bond acceptors (Lipinski definition) is 5. The Morgan fingerprint density at radius 2 is 2.09 bits per heavy atom. The standard InChI is InChI=1S/C15H28N4O4/c1-3-4-5-6-11(9-13(20)18-23)14(21)12-10-17-7-8-19(12)15(22)16-2/h11-12,17,23H,3-10H2,1-2H3,(H,16,22)(H,18,20)/t11-,12+/m1/s1. The molecule has 23 heavy (non-hydrogen) atoms. The molecule has 0 aromatic rings. The molecule has 1 fully saturated rings. The molecule has 0 spiro atoms. The first-order valence-electron chi connectivity index (χ1n) is 8.20. The van der Waals surface area contributed by atoms with Crippen molar-refractivity contribution in [3.8, 4) is 0 Å². The van der Waals surface area contributed by atoms with E-state index < -0.39 is 17.9 Å². The van der Waals surface area contributed by atoms with Gasteiger partial charge < -0.3 is 15.5 Å². The van der Waals surface area contributed by atoms with Crippen molar-refractivity contribution in [3.63, 3.8) is 0 Å². The Balaban J connectivity index is 2.81. The second kappa shape index (κ2) is 10.2. The lowest BCUT2D eigenvalue weighted by atomic mass is 9.88. The van der Waals surface area contributed by atoms with E-state index in [0.717, 1.165) is 19.3 Å². The van der Waals surface area contributed by atoms with Gasteiger partial charge >= 0.3 is 6.03 Å². The van der Waals surface area contributed by atoms with Gasteiger partial charge in [-0.1, -0.05) is 26.2 Å². The van der Waals surface area contributed by atoms with Crippen LogP contribution < -0.4 is 16.1 Å². The number of hydrogen-bond donors (Lipinski definition) is 4. The number of Topliss-reactive ketones (excluding diaryl/α,β-unsaturated/α-hetero) is 1. The Labute approximate surface area is 136 Å². The first-order valence-corrected chi connectivity index (χ1v) is 8.20. The highest BCUT2D eigenvalue weighted by Crippen LogP contribution is 2.20. The third kappa shape index (κ3) is 5.80. The highest BCUT2D eigenvalue weighted by Gasteiger charge is 2.36. The third-order valence-electron chi connectivity index (χ3n) is 4.16. The van der Waals surface area contributed by atoms with Crippen LogP contribution in [-0.2, 0) is 9.59 Å². The fourth-order valence-corrected chi connectivity index (χ4v) is 2.87. The minimum atomic E-state index is -0.582. The van der Waals surface area contributed by atoms with Crippen molar-refractivity contribution in [1.29, 1.82) is 0 Å². The molecule has 0 aromatic heterocycles. The number of hydroxylamine groups is 1. The normalized spacial score (nSPS) is 19.1. The predicted molar refractivity (Wildman–Crippen MR) is 85.0 cm³/mol. The summed E-state index contributed by atoms with van der Waals surface area (Å²) >= 11 is 0. The van der Waals surface area contributed by atoms with Gasteiger partial charge in [-0.25, -0.2) is 10.3 Å². The van der Waals surface area contributed by atoms with Crippen molar-refractivity contribution in [2.75, 3.05) is 26.7 Å². The maximum atomic E-state index is 12.9. The maximum absolute atomic E-state index is 12.9. The molecular formula is C15H28N4O4. The number of rotatable bonds is 8. The van der Waals surface area contributed by atoms with E-state index in [-0.39, 0.29) is 18.2 Å². The fourth-order valence-electron chi connectivity index (χ4n) is 2.87. The zero-order chi connectivity index (χ0) is 17.2. The van der Waals surface area contributed by atoms with Crippen LogP contribution in [0.1, 0.15) is 39.0 Å². The number of piperazine rings is 1. The van der Waals surface area contributed by atoms with Crippen molar-refractivity contribution in [1.82, 2.24) is 21.0 Å². The van der Waals surface area contributed by atoms with Gasteiger partial charge in [0, 0.05) is 39.0 Å². The summed E-state index contributed by atoms with van der Waals surface area (Å²) in [4.78, 5) is 37.8. The quantitative estimate of drug-likeness (QED) is 0.290. The highest BCUT2D eigenvalue weighted by atomic mass is 16.5. The summed E-state index contributed by atoms with van der Waals surface area (Å²) in [5, 5.41) is 14.4. The molecule has 0 aromatic carbocycles. The van der Waals surface area contributed by atoms with Crippen LogP contribution in [0, 0.1) is 5.92 Å². The molecular weight excluding hydrogens is 300 g/mol. The van der Waals surface area contributed by atoms with Gasteiger partial charge in [0.05, 0.1) is 0 Å². The first kappa shape index (κ1) is 19.4. The van der Waals surface area contributed by atoms with Crippen molar-refractivity contribution in [2.45, 2.75) is 45.1 Å². The third-order valence-corrected chi connectivity index (χ3v) is 4.16. The number of nitrogens with zero attached hydrogens (tertiary/aromatic N) is 1. The number of carbonyl (C=O) groups excluding carboxylic acids is 3. The van der Waals surface area contributed by atoms with Crippen LogP contribution in [-0.4, -0.2) is 60.6 Å². The molecule has 2 atom stereocenters. The molecule has 1 aliphatic rings. The van der Waals surface area contributed by atoms with Crippen LogP contribution in [0.15, 0.2) is 0 Å². The summed E-state index contributed by atoms with van der Waals surface area (Å²) in [6.45, 7) is 3.53. The van der Waals surface area contributed by atoms with Crippen molar-refractivity contribution >= 4 is 17.7 Å². The van der Waals surface area contributed by atoms with E-state index in [1.54, 1.807) is 5.48 Å². The lowest BCUT2D eigenvalue weighted by Gasteiger charge is -2.36. The maximum Gasteiger partial charge on any atom is 0.317 e. The molecule has 0 unspecified atom stereocenters. The monoisotopic (exact) mass is 328 g/mol. The van der Waals surface area contributed by atoms with Gasteiger partial charge in [-0.2, -0.15) is 0 Å². The Bertz CT molecular complexity index is 416. The molecule has 8 heteroatoms. The number of nitrogens with one attached hydrogen (secondary N) is 3. The molecule has 1 saturated heterocycles. The molecule has 1 heterocycles. The van der Waals surface area contributed by atoms with Gasteiger partial charge in [-0.3, -0.25) is 14.8 Å². The zero-order valence-electron chi connectivity index (χ0n) is 13.9. The summed E-state index contributed by atoms with van der Waals surface area (Å²) in [6.07, 6.45) is 3.36. The lowest BCUT2D eigenvalue weighted by molar-refractivity contribution is -0.136. The Morgan fingerprint density at radius 1 is 1.35 bits per heavy atom. The number of urea groups is 1. The minimum Gasteiger partial charge on any atom is -0.341 e. The molecule has 1 aliphatic heterocycles. The van der Waals surface area contributed by atoms with Gasteiger partial charge in [0.2, 0.25) is 5.91 Å². The molecule has 0 saturated carbocycles. The van der Waals surface area contributed by atoms with E-state index in [1.165, 1.54) is 11.9 Å². The second-order valence-corrected chi connectivity index (χ2v) is 5.80. The summed E-state index contributed by atoms with van der Waals surface area (Å²) in [6, 6.07) is -0.870. The van der Waals surface area contributed by atoms with Crippen LogP contribution >= 0.6 is 0 Å². The van der Waals surface area contributed by atoms with E-state index in [9.17, 15) is 14.4 Å². The SMILES string of the molecule is CCCCC[C@H](CC(=O)NO)C(=O)[C@@H]1CNCCN1C(=O)NC. The largest absolute Gasteiger partial charge is 0.341 e. The molecule has 4 N–H and O–H groups in total. The van der Waals surface area contributed by atoms with E-state index in [2.05, 4.69) is 17.6 Å². The molecule has 3 amide bonds. The molecule has 1 rings (SSSR count). The average molecular weight is 328 g/mol. The number of amides is 3. The molecule has 8 nitrogen and oxygen atoms in total. The molecule has 132 valence electrons. The first-order chi connectivity index (χ1) is 11.0. The summed E-state index contributed by atoms with van der Waals surface area (Å²) in [5.74, 6) is -1.19. The van der Waals surface area contributed by atoms with Gasteiger partial charge in [0.15, 0.2) is 5.78 Å². The predicted octanol–water partition coefficient (Wildman–Crippen LogP) is 0.261. The van der Waals surface area contributed by atoms with Crippen LogP contribution in [0.3, 0.4) is 0 Å². The lowest BCUT2D eigenvalue weighted by Crippen LogP contribution is -2.60. The summed E-state index contributed by atoms with van der Waals surface area (Å²) < 4.78 is 0. The molecule has 0 aliphatic carbocycles. The van der Waals surface area contributed by atoms with E-state index >= 15 is 0 Å². The van der Waals surface area contributed by atoms with Gasteiger partial charge in [0.1, 0.15) is 6.04 Å². The molecule has 0 bridgehead atoms. The number of carbonyl (C=O) groups is 3. The zero-order valence-corrected chi connectivity index (χ0v) is 13.9. The van der Waals surface area contributed by atoms with Crippen molar-refractivity contribution in [2.24, 2.45) is 5.92 Å². The van der Waals surface area contributed by atoms with Crippen LogP contribution in [0.2, 0.25) is 0 Å². The summed E-state index contributed by atoms with van der Waals surface area (Å²) in [5.41, 5.74) is 1.59. The second-order valence-electron chi connectivity index (χ2n) is 5.80. The van der Waals surface area contributed by atoms with Crippen LogP contribution in [0.4, 0.5) is 4.79 Å². The number of unbranched alkanes of at least 4 members (excludes halogenated alkanes) is 2. The van der Waals surface area contributed by atoms with Gasteiger partial charge in [0.25, 0.3) is 0 Å². The van der Waals surface area contributed by atoms with Crippen LogP contribution in [0.5, 0.6) is 0 Å². The average Bonchev–Trinajstić information content (AvgIpc) is 2.59. The smallest absolute Gasteiger partial charge is 0.317 e. The Hall–Kier alpha value is -1.67. The fraction of sp³-hybridized carbons (Fsp3) is 0.800. The minimum absolute atomic E-state index is 0.0584. The topological polar surface area (TPSA) is 111 Å². The Morgan fingerprint density at radius 3 is 2.70 bits per heavy atom.